The van der Waals surface area contributed by atoms with Gasteiger partial charge in [-0.1, -0.05) is 188 Å². The van der Waals surface area contributed by atoms with Gasteiger partial charge in [-0.05, 0) is 186 Å². The highest BCUT2D eigenvalue weighted by atomic mass is 15.2. The maximum Gasteiger partial charge on any atom is 0.101 e. The monoisotopic (exact) mass is 1100 g/mol. The van der Waals surface area contributed by atoms with Crippen LogP contribution in [0.5, 0.6) is 0 Å². The molecule has 0 spiro atoms. The summed E-state index contributed by atoms with van der Waals surface area (Å²) in [5.74, 6) is 0. The van der Waals surface area contributed by atoms with Gasteiger partial charge >= 0.3 is 0 Å². The van der Waals surface area contributed by atoms with E-state index in [2.05, 4.69) is 293 Å². The van der Waals surface area contributed by atoms with E-state index in [1.165, 1.54) is 0 Å². The number of nitrogens with zero attached hydrogens (tertiary/aromatic N) is 6. The number of allylic oxidation sites excluding steroid dienone is 3. The molecule has 0 fully saturated rings. The fraction of sp³-hybridized carbons (Fsp3) is 0.0250. The Morgan fingerprint density at radius 1 is 0.233 bits per heavy atom. The fourth-order valence-corrected chi connectivity index (χ4v) is 11.8. The van der Waals surface area contributed by atoms with Crippen molar-refractivity contribution in [2.24, 2.45) is 0 Å². The molecule has 0 radical (unpaired) electrons. The number of para-hydroxylation sites is 7. The molecule has 408 valence electrons. The summed E-state index contributed by atoms with van der Waals surface area (Å²) in [5.41, 5.74) is 19.0. The summed E-state index contributed by atoms with van der Waals surface area (Å²) >= 11 is 0. The molecule has 0 saturated heterocycles. The third-order valence-corrected chi connectivity index (χ3v) is 15.7. The van der Waals surface area contributed by atoms with Crippen LogP contribution in [0.4, 0.5) is 62.6 Å². The minimum atomic E-state index is 0.291. The lowest BCUT2D eigenvalue weighted by Gasteiger charge is -2.29. The molecule has 0 aliphatic heterocycles. The first kappa shape index (κ1) is 53.6. The molecule has 0 amide bonds. The third-order valence-electron chi connectivity index (χ3n) is 15.7. The van der Waals surface area contributed by atoms with Gasteiger partial charge in [0.2, 0.25) is 0 Å². The zero-order valence-corrected chi connectivity index (χ0v) is 47.3. The van der Waals surface area contributed by atoms with Crippen LogP contribution in [0, 0.1) is 22.7 Å². The SMILES string of the molecule is N#Cc1c(C#N)c(-c2ccc(N(c3ccccc3)c3ccccc3)cc2)c(-c2ccc(N(c3ccccc3)c3ccccc3)cc2)c(-c2ccc(N(c3ccccc3)c3ccccc3)cc2)c1-c1ccc(N(C2=CCCC=C2)c2ccccc2)cc1. The molecule has 0 unspecified atom stereocenters. The van der Waals surface area contributed by atoms with Crippen molar-refractivity contribution in [2.45, 2.75) is 12.8 Å². The minimum Gasteiger partial charge on any atom is -0.311 e. The highest BCUT2D eigenvalue weighted by Gasteiger charge is 2.29. The van der Waals surface area contributed by atoms with Crippen molar-refractivity contribution in [2.75, 3.05) is 19.6 Å². The number of hydrogen-bond acceptors (Lipinski definition) is 6. The van der Waals surface area contributed by atoms with E-state index in [0.29, 0.717) is 22.3 Å². The predicted molar refractivity (Wildman–Crippen MR) is 357 cm³/mol. The first-order chi connectivity index (χ1) is 42.6. The minimum absolute atomic E-state index is 0.291. The Kier molecular flexibility index (Phi) is 15.5. The summed E-state index contributed by atoms with van der Waals surface area (Å²) in [6.07, 6.45) is 8.64. The molecule has 0 saturated carbocycles. The molecule has 1 aliphatic rings. The van der Waals surface area contributed by atoms with Gasteiger partial charge in [-0.3, -0.25) is 0 Å². The molecule has 86 heavy (non-hydrogen) atoms. The summed E-state index contributed by atoms with van der Waals surface area (Å²) in [4.78, 5) is 9.02. The Morgan fingerprint density at radius 3 is 0.686 bits per heavy atom. The molecular formula is C80H58N6. The Balaban J connectivity index is 1.07. The Morgan fingerprint density at radius 2 is 0.453 bits per heavy atom. The van der Waals surface area contributed by atoms with E-state index in [1.807, 2.05) is 66.7 Å². The number of rotatable bonds is 16. The van der Waals surface area contributed by atoms with E-state index in [0.717, 1.165) is 114 Å². The van der Waals surface area contributed by atoms with Crippen molar-refractivity contribution in [1.29, 1.82) is 10.5 Å². The molecule has 1 aliphatic carbocycles. The van der Waals surface area contributed by atoms with Crippen molar-refractivity contribution in [3.63, 3.8) is 0 Å². The van der Waals surface area contributed by atoms with Crippen LogP contribution in [-0.4, -0.2) is 0 Å². The van der Waals surface area contributed by atoms with Crippen LogP contribution in [-0.2, 0) is 0 Å². The summed E-state index contributed by atoms with van der Waals surface area (Å²) in [6, 6.07) is 112. The lowest BCUT2D eigenvalue weighted by molar-refractivity contribution is 0.997. The maximum absolute atomic E-state index is 11.9. The van der Waals surface area contributed by atoms with Crippen LogP contribution in [0.15, 0.2) is 333 Å². The van der Waals surface area contributed by atoms with Gasteiger partial charge < -0.3 is 19.6 Å². The topological polar surface area (TPSA) is 60.5 Å². The second-order valence-corrected chi connectivity index (χ2v) is 21.0. The molecule has 0 heterocycles. The third kappa shape index (κ3) is 10.8. The summed E-state index contributed by atoms with van der Waals surface area (Å²) < 4.78 is 0. The van der Waals surface area contributed by atoms with E-state index in [4.69, 9.17) is 0 Å². The standard InChI is InChI=1S/C80H58N6/c81-57-75-76(58-82)78(60-43-51-72(52-44-60)84(65-29-13-3-14-30-65)66-31-15-4-16-32-66)80(62-47-55-74(56-48-62)86(69-37-21-7-22-38-69)70-39-23-8-24-40-70)79(61-45-53-73(54-46-61)85(67-33-17-5-18-34-67)68-35-19-6-20-36-68)77(75)59-41-49-71(50-42-59)83(63-25-9-1-10-26-63)64-27-11-2-12-28-64/h1-3,5-15,17-56H,4,16H2. The van der Waals surface area contributed by atoms with Gasteiger partial charge in [-0.15, -0.1) is 0 Å². The van der Waals surface area contributed by atoms with E-state index >= 15 is 0 Å². The highest BCUT2D eigenvalue weighted by Crippen LogP contribution is 2.52. The Hall–Kier alpha value is -11.7. The molecule has 13 rings (SSSR count). The average Bonchev–Trinajstić information content (AvgIpc) is 0.856. The van der Waals surface area contributed by atoms with Crippen LogP contribution < -0.4 is 19.6 Å². The molecule has 0 aromatic heterocycles. The normalized spacial score (nSPS) is 11.6. The van der Waals surface area contributed by atoms with Gasteiger partial charge in [-0.25, -0.2) is 0 Å². The molecule has 12 aromatic rings. The fourth-order valence-electron chi connectivity index (χ4n) is 11.8. The molecule has 12 aromatic carbocycles. The largest absolute Gasteiger partial charge is 0.311 e. The number of anilines is 11. The maximum atomic E-state index is 11.9. The molecule has 0 N–H and O–H groups in total. The van der Waals surface area contributed by atoms with E-state index in [1.54, 1.807) is 0 Å². The van der Waals surface area contributed by atoms with Crippen molar-refractivity contribution in [3.8, 4) is 56.6 Å². The van der Waals surface area contributed by atoms with E-state index in [9.17, 15) is 10.5 Å². The lowest BCUT2D eigenvalue weighted by atomic mass is 9.77. The quantitative estimate of drug-likeness (QED) is 0.0961. The smallest absolute Gasteiger partial charge is 0.101 e. The lowest BCUT2D eigenvalue weighted by Crippen LogP contribution is -2.16. The van der Waals surface area contributed by atoms with E-state index in [-0.39, 0.29) is 0 Å². The second kappa shape index (κ2) is 24.8. The van der Waals surface area contributed by atoms with Crippen LogP contribution >= 0.6 is 0 Å². The molecule has 6 nitrogen and oxygen atoms in total. The second-order valence-electron chi connectivity index (χ2n) is 21.0. The van der Waals surface area contributed by atoms with Crippen molar-refractivity contribution in [3.05, 3.63) is 344 Å². The summed E-state index contributed by atoms with van der Waals surface area (Å²) in [7, 11) is 0. The van der Waals surface area contributed by atoms with Gasteiger partial charge in [-0.2, -0.15) is 10.5 Å². The zero-order valence-electron chi connectivity index (χ0n) is 47.3. The molecule has 0 bridgehead atoms. The first-order valence-corrected chi connectivity index (χ1v) is 29.0. The average molecular weight is 1100 g/mol. The van der Waals surface area contributed by atoms with Gasteiger partial charge in [0.1, 0.15) is 12.1 Å². The Bertz CT molecular complexity index is 4290. The van der Waals surface area contributed by atoms with E-state index < -0.39 is 0 Å². The van der Waals surface area contributed by atoms with Gasteiger partial charge in [0.25, 0.3) is 0 Å². The van der Waals surface area contributed by atoms with Crippen LogP contribution in [0.2, 0.25) is 0 Å². The number of hydrogen-bond donors (Lipinski definition) is 0. The summed E-state index contributed by atoms with van der Waals surface area (Å²) in [6.45, 7) is 0. The van der Waals surface area contributed by atoms with Crippen LogP contribution in [0.1, 0.15) is 24.0 Å². The van der Waals surface area contributed by atoms with Gasteiger partial charge in [0.05, 0.1) is 11.1 Å². The number of benzene rings is 12. The molecule has 0 atom stereocenters. The number of nitriles is 2. The highest BCUT2D eigenvalue weighted by molar-refractivity contribution is 6.07. The first-order valence-electron chi connectivity index (χ1n) is 29.0. The predicted octanol–water partition coefficient (Wildman–Crippen LogP) is 21.9. The molecular weight excluding hydrogens is 1040 g/mol. The van der Waals surface area contributed by atoms with Crippen molar-refractivity contribution < 1.29 is 0 Å². The van der Waals surface area contributed by atoms with Crippen molar-refractivity contribution in [1.82, 2.24) is 0 Å². The zero-order chi connectivity index (χ0) is 58.0. The van der Waals surface area contributed by atoms with Crippen molar-refractivity contribution >= 4 is 62.6 Å². The van der Waals surface area contributed by atoms with Crippen LogP contribution in [0.25, 0.3) is 44.5 Å². The summed E-state index contributed by atoms with van der Waals surface area (Å²) in [5, 5.41) is 23.7. The van der Waals surface area contributed by atoms with Crippen LogP contribution in [0.3, 0.4) is 0 Å². The molecule has 6 heteroatoms. The Labute approximate surface area is 503 Å². The van der Waals surface area contributed by atoms with Gasteiger partial charge in [0.15, 0.2) is 0 Å². The van der Waals surface area contributed by atoms with Gasteiger partial charge in [0, 0.05) is 79.4 Å².